The van der Waals surface area contributed by atoms with Crippen molar-refractivity contribution in [2.24, 2.45) is 5.92 Å². The number of hydrogen-bond donors (Lipinski definition) is 1. The molecule has 1 aliphatic rings. The van der Waals surface area contributed by atoms with Crippen LogP contribution in [0.3, 0.4) is 0 Å². The van der Waals surface area contributed by atoms with Crippen molar-refractivity contribution in [2.75, 3.05) is 19.8 Å². The monoisotopic (exact) mass is 247 g/mol. The van der Waals surface area contributed by atoms with Crippen LogP contribution in [-0.2, 0) is 11.3 Å². The fourth-order valence-electron chi connectivity index (χ4n) is 2.32. The van der Waals surface area contributed by atoms with E-state index in [1.807, 2.05) is 11.3 Å². The van der Waals surface area contributed by atoms with Crippen molar-refractivity contribution >= 4 is 21.4 Å². The number of hydrogen-bond acceptors (Lipinski definition) is 3. The van der Waals surface area contributed by atoms with E-state index in [-0.39, 0.29) is 0 Å². The van der Waals surface area contributed by atoms with E-state index in [4.69, 9.17) is 4.74 Å². The minimum Gasteiger partial charge on any atom is -0.381 e. The predicted molar refractivity (Wildman–Crippen MR) is 72.5 cm³/mol. The third-order valence-corrected chi connectivity index (χ3v) is 4.35. The summed E-state index contributed by atoms with van der Waals surface area (Å²) in [7, 11) is 0. The van der Waals surface area contributed by atoms with E-state index in [9.17, 15) is 0 Å². The van der Waals surface area contributed by atoms with Crippen LogP contribution in [-0.4, -0.2) is 19.8 Å². The molecule has 1 aromatic carbocycles. The lowest BCUT2D eigenvalue weighted by Crippen LogP contribution is -2.22. The van der Waals surface area contributed by atoms with Gasteiger partial charge >= 0.3 is 0 Å². The van der Waals surface area contributed by atoms with Gasteiger partial charge in [-0.25, -0.2) is 0 Å². The molecular weight excluding hydrogens is 230 g/mol. The fraction of sp³-hybridized carbons (Fsp3) is 0.429. The minimum atomic E-state index is 0.708. The van der Waals surface area contributed by atoms with Gasteiger partial charge in [-0.3, -0.25) is 0 Å². The molecule has 2 aromatic rings. The summed E-state index contributed by atoms with van der Waals surface area (Å²) in [5.74, 6) is 0.708. The maximum atomic E-state index is 5.38. The third kappa shape index (κ3) is 2.51. The van der Waals surface area contributed by atoms with E-state index in [0.717, 1.165) is 26.3 Å². The third-order valence-electron chi connectivity index (χ3n) is 3.33. The Morgan fingerprint density at radius 1 is 1.35 bits per heavy atom. The van der Waals surface area contributed by atoms with Crippen LogP contribution >= 0.6 is 11.3 Å². The highest BCUT2D eigenvalue weighted by atomic mass is 32.1. The van der Waals surface area contributed by atoms with Crippen LogP contribution in [0.5, 0.6) is 0 Å². The van der Waals surface area contributed by atoms with Gasteiger partial charge in [-0.05, 0) is 34.7 Å². The molecule has 0 spiro atoms. The van der Waals surface area contributed by atoms with Crippen LogP contribution in [0.25, 0.3) is 10.1 Å². The van der Waals surface area contributed by atoms with Gasteiger partial charge in [0.15, 0.2) is 0 Å². The topological polar surface area (TPSA) is 21.3 Å². The van der Waals surface area contributed by atoms with Crippen molar-refractivity contribution in [3.63, 3.8) is 0 Å². The van der Waals surface area contributed by atoms with E-state index in [2.05, 4.69) is 35.0 Å². The maximum absolute atomic E-state index is 5.38. The van der Waals surface area contributed by atoms with Gasteiger partial charge in [-0.2, -0.15) is 0 Å². The molecule has 1 fully saturated rings. The Kier molecular flexibility index (Phi) is 3.41. The van der Waals surface area contributed by atoms with E-state index in [1.54, 1.807) is 0 Å². The van der Waals surface area contributed by atoms with Gasteiger partial charge in [0, 0.05) is 24.4 Å². The maximum Gasteiger partial charge on any atom is 0.0507 e. The second-order valence-electron chi connectivity index (χ2n) is 4.62. The van der Waals surface area contributed by atoms with Crippen molar-refractivity contribution in [1.82, 2.24) is 5.32 Å². The Labute approximate surface area is 106 Å². The van der Waals surface area contributed by atoms with E-state index >= 15 is 0 Å². The molecule has 17 heavy (non-hydrogen) atoms. The van der Waals surface area contributed by atoms with Crippen LogP contribution in [0.4, 0.5) is 0 Å². The summed E-state index contributed by atoms with van der Waals surface area (Å²) in [5, 5.41) is 7.21. The quantitative estimate of drug-likeness (QED) is 0.896. The average molecular weight is 247 g/mol. The van der Waals surface area contributed by atoms with Crippen LogP contribution < -0.4 is 5.32 Å². The summed E-state index contributed by atoms with van der Waals surface area (Å²) < 4.78 is 6.76. The summed E-state index contributed by atoms with van der Waals surface area (Å²) in [6.45, 7) is 3.91. The lowest BCUT2D eigenvalue weighted by Gasteiger charge is -2.08. The Morgan fingerprint density at radius 3 is 3.18 bits per heavy atom. The Hall–Kier alpha value is -0.900. The second-order valence-corrected chi connectivity index (χ2v) is 5.53. The zero-order chi connectivity index (χ0) is 11.5. The molecule has 0 bridgehead atoms. The lowest BCUT2D eigenvalue weighted by atomic mass is 10.1. The van der Waals surface area contributed by atoms with Crippen LogP contribution in [0.1, 0.15) is 12.0 Å². The number of fused-ring (bicyclic) bond motifs is 1. The number of ether oxygens (including phenoxy) is 1. The molecule has 1 aliphatic heterocycles. The lowest BCUT2D eigenvalue weighted by molar-refractivity contribution is 0.185. The molecule has 0 radical (unpaired) electrons. The number of nitrogens with one attached hydrogen (secondary N) is 1. The molecular formula is C14H17NOS. The van der Waals surface area contributed by atoms with Gasteiger partial charge in [0.1, 0.15) is 0 Å². The fourth-order valence-corrected chi connectivity index (χ4v) is 3.29. The largest absolute Gasteiger partial charge is 0.381 e. The molecule has 1 atom stereocenters. The predicted octanol–water partition coefficient (Wildman–Crippen LogP) is 3.03. The number of thiophene rings is 1. The number of rotatable bonds is 4. The molecule has 2 heterocycles. The van der Waals surface area contributed by atoms with Crippen molar-refractivity contribution in [3.8, 4) is 0 Å². The van der Waals surface area contributed by atoms with Crippen molar-refractivity contribution in [2.45, 2.75) is 13.0 Å². The highest BCUT2D eigenvalue weighted by Gasteiger charge is 2.14. The van der Waals surface area contributed by atoms with E-state index in [1.165, 1.54) is 22.1 Å². The highest BCUT2D eigenvalue weighted by Crippen LogP contribution is 2.25. The molecule has 1 saturated heterocycles. The summed E-state index contributed by atoms with van der Waals surface area (Å²) in [6, 6.07) is 8.62. The smallest absolute Gasteiger partial charge is 0.0507 e. The van der Waals surface area contributed by atoms with E-state index in [0.29, 0.717) is 5.92 Å². The standard InChI is InChI=1S/C14H17NOS/c1-2-4-14-13(3-1)12(10-17-14)8-15-7-11-5-6-16-9-11/h1-4,10-11,15H,5-9H2. The first kappa shape index (κ1) is 11.2. The second kappa shape index (κ2) is 5.17. The van der Waals surface area contributed by atoms with Gasteiger partial charge < -0.3 is 10.1 Å². The van der Waals surface area contributed by atoms with Crippen LogP contribution in [0.15, 0.2) is 29.6 Å². The summed E-state index contributed by atoms with van der Waals surface area (Å²) in [5.41, 5.74) is 1.42. The normalized spacial score (nSPS) is 20.1. The van der Waals surface area contributed by atoms with Gasteiger partial charge in [0.05, 0.1) is 6.61 Å². The van der Waals surface area contributed by atoms with Crippen molar-refractivity contribution in [1.29, 1.82) is 0 Å². The first-order valence-corrected chi connectivity index (χ1v) is 7.05. The Morgan fingerprint density at radius 2 is 2.29 bits per heavy atom. The van der Waals surface area contributed by atoms with Gasteiger partial charge in [-0.15, -0.1) is 11.3 Å². The zero-order valence-electron chi connectivity index (χ0n) is 9.82. The van der Waals surface area contributed by atoms with Gasteiger partial charge in [-0.1, -0.05) is 18.2 Å². The van der Waals surface area contributed by atoms with Gasteiger partial charge in [0.2, 0.25) is 0 Å². The van der Waals surface area contributed by atoms with Crippen LogP contribution in [0.2, 0.25) is 0 Å². The van der Waals surface area contributed by atoms with Crippen molar-refractivity contribution in [3.05, 3.63) is 35.2 Å². The van der Waals surface area contributed by atoms with E-state index < -0.39 is 0 Å². The van der Waals surface area contributed by atoms with Gasteiger partial charge in [0.25, 0.3) is 0 Å². The minimum absolute atomic E-state index is 0.708. The molecule has 1 aromatic heterocycles. The number of benzene rings is 1. The molecule has 3 rings (SSSR count). The summed E-state index contributed by atoms with van der Waals surface area (Å²) in [6.07, 6.45) is 1.21. The zero-order valence-corrected chi connectivity index (χ0v) is 10.6. The summed E-state index contributed by atoms with van der Waals surface area (Å²) >= 11 is 1.83. The molecule has 90 valence electrons. The average Bonchev–Trinajstić information content (AvgIpc) is 2.99. The molecule has 3 heteroatoms. The Balaban J connectivity index is 1.60. The molecule has 0 saturated carbocycles. The molecule has 1 N–H and O–H groups in total. The summed E-state index contributed by atoms with van der Waals surface area (Å²) in [4.78, 5) is 0. The Bertz CT molecular complexity index is 488. The first-order valence-electron chi connectivity index (χ1n) is 6.17. The molecule has 1 unspecified atom stereocenters. The molecule has 2 nitrogen and oxygen atoms in total. The SMILES string of the molecule is c1ccc2c(CNCC3CCOC3)csc2c1. The highest BCUT2D eigenvalue weighted by molar-refractivity contribution is 7.17. The molecule has 0 aliphatic carbocycles. The molecule has 0 amide bonds. The first-order chi connectivity index (χ1) is 8.43. The van der Waals surface area contributed by atoms with Crippen molar-refractivity contribution < 1.29 is 4.74 Å². The van der Waals surface area contributed by atoms with Crippen LogP contribution in [0, 0.1) is 5.92 Å².